The van der Waals surface area contributed by atoms with Crippen molar-refractivity contribution < 1.29 is 4.42 Å². The molecule has 1 aromatic heterocycles. The molecule has 0 N–H and O–H groups in total. The molecular weight excluding hydrogens is 641 g/mol. The van der Waals surface area contributed by atoms with E-state index < -0.39 is 0 Å². The van der Waals surface area contributed by atoms with Crippen molar-refractivity contribution in [2.75, 3.05) is 0 Å². The number of furan rings is 1. The smallest absolute Gasteiger partial charge is 0.135 e. The Morgan fingerprint density at radius 3 is 2.04 bits per heavy atom. The van der Waals surface area contributed by atoms with Crippen molar-refractivity contribution in [2.45, 2.75) is 13.3 Å². The molecule has 0 bridgehead atoms. The Hall–Kier alpha value is -6.70. The first-order valence-electron chi connectivity index (χ1n) is 18.2. The lowest BCUT2D eigenvalue weighted by Gasteiger charge is -2.18. The molecule has 0 aliphatic heterocycles. The fraction of sp³-hybridized carbons (Fsp3) is 0.0385. The van der Waals surface area contributed by atoms with Gasteiger partial charge in [-0.1, -0.05) is 189 Å². The Balaban J connectivity index is 1.47. The van der Waals surface area contributed by atoms with Gasteiger partial charge in [0.15, 0.2) is 0 Å². The van der Waals surface area contributed by atoms with Crippen LogP contribution in [0.3, 0.4) is 0 Å². The van der Waals surface area contributed by atoms with Gasteiger partial charge in [0, 0.05) is 10.9 Å². The zero-order valence-corrected chi connectivity index (χ0v) is 29.9. The van der Waals surface area contributed by atoms with Crippen LogP contribution in [0.2, 0.25) is 0 Å². The minimum Gasteiger partial charge on any atom is -0.456 e. The van der Waals surface area contributed by atoms with Crippen LogP contribution in [0.4, 0.5) is 0 Å². The standard InChI is InChI=1S/C52H40O/c1-3-4-5-6-13-29-48-45-27-18-19-30-50(45)53-52(48)37(2)44-26-16-17-28-46(44)51(43-32-31-39-22-14-15-25-41(39)35-43)47-34-33-42(38-20-9-7-10-21-38)36-49(47)40-23-11-8-12-24-40/h3-28,30-36H,1,29H2,2H3/b5-4-,13-6-,44-37+,51-46+. The van der Waals surface area contributed by atoms with Gasteiger partial charge in [-0.25, -0.2) is 0 Å². The van der Waals surface area contributed by atoms with Gasteiger partial charge >= 0.3 is 0 Å². The number of rotatable bonds is 9. The van der Waals surface area contributed by atoms with E-state index in [1.54, 1.807) is 6.08 Å². The highest BCUT2D eigenvalue weighted by Crippen LogP contribution is 2.36. The Kier molecular flexibility index (Phi) is 9.64. The normalized spacial score (nSPS) is 12.8. The van der Waals surface area contributed by atoms with Gasteiger partial charge in [0.2, 0.25) is 0 Å². The summed E-state index contributed by atoms with van der Waals surface area (Å²) in [5.74, 6) is 0.913. The number of fused-ring (bicyclic) bond motifs is 2. The maximum Gasteiger partial charge on any atom is 0.135 e. The maximum absolute atomic E-state index is 6.74. The Morgan fingerprint density at radius 1 is 0.566 bits per heavy atom. The first-order valence-corrected chi connectivity index (χ1v) is 18.2. The maximum atomic E-state index is 6.74. The topological polar surface area (TPSA) is 13.1 Å². The summed E-state index contributed by atoms with van der Waals surface area (Å²) in [6.45, 7) is 6.00. The molecule has 8 aromatic rings. The molecule has 254 valence electrons. The second kappa shape index (κ2) is 15.3. The second-order valence-electron chi connectivity index (χ2n) is 13.3. The van der Waals surface area contributed by atoms with E-state index in [0.29, 0.717) is 0 Å². The van der Waals surface area contributed by atoms with Crippen molar-refractivity contribution in [1.29, 1.82) is 0 Å². The van der Waals surface area contributed by atoms with E-state index >= 15 is 0 Å². The second-order valence-corrected chi connectivity index (χ2v) is 13.3. The van der Waals surface area contributed by atoms with Crippen LogP contribution in [0.25, 0.3) is 55.1 Å². The van der Waals surface area contributed by atoms with Crippen LogP contribution in [0, 0.1) is 0 Å². The molecule has 8 rings (SSSR count). The molecule has 0 unspecified atom stereocenters. The fourth-order valence-corrected chi connectivity index (χ4v) is 7.39. The number of hydrogen-bond donors (Lipinski definition) is 0. The SMILES string of the molecule is C=C/C=C\C=C/Cc1c(/C(C)=c2\cccc\c2=C(\c2ccc3ccccc3c2)c2ccc(-c3ccccc3)cc2-c2ccccc2)oc2ccccc12. The van der Waals surface area contributed by atoms with Crippen LogP contribution in [0.1, 0.15) is 29.4 Å². The quantitative estimate of drug-likeness (QED) is 0.138. The van der Waals surface area contributed by atoms with E-state index in [-0.39, 0.29) is 0 Å². The molecule has 0 aliphatic rings. The largest absolute Gasteiger partial charge is 0.456 e. The summed E-state index contributed by atoms with van der Waals surface area (Å²) < 4.78 is 6.74. The van der Waals surface area contributed by atoms with Crippen molar-refractivity contribution in [3.05, 3.63) is 240 Å². The summed E-state index contributed by atoms with van der Waals surface area (Å²) >= 11 is 0. The van der Waals surface area contributed by atoms with Gasteiger partial charge in [-0.3, -0.25) is 0 Å². The molecule has 0 spiro atoms. The zero-order chi connectivity index (χ0) is 36.0. The lowest BCUT2D eigenvalue weighted by molar-refractivity contribution is 0.594. The van der Waals surface area contributed by atoms with Gasteiger partial charge in [-0.05, 0) is 97.3 Å². The van der Waals surface area contributed by atoms with E-state index in [1.807, 2.05) is 18.2 Å². The first-order chi connectivity index (χ1) is 26.2. The van der Waals surface area contributed by atoms with E-state index in [0.717, 1.165) is 44.7 Å². The summed E-state index contributed by atoms with van der Waals surface area (Å²) in [6, 6.07) is 61.0. The van der Waals surface area contributed by atoms with Crippen molar-refractivity contribution in [3.8, 4) is 22.3 Å². The average molecular weight is 681 g/mol. The molecule has 0 amide bonds. The summed E-state index contributed by atoms with van der Waals surface area (Å²) in [7, 11) is 0. The van der Waals surface area contributed by atoms with Gasteiger partial charge in [0.05, 0.1) is 0 Å². The van der Waals surface area contributed by atoms with Gasteiger partial charge in [0.25, 0.3) is 0 Å². The summed E-state index contributed by atoms with van der Waals surface area (Å²) in [5, 5.41) is 5.86. The average Bonchev–Trinajstić information content (AvgIpc) is 3.60. The molecule has 53 heavy (non-hydrogen) atoms. The lowest BCUT2D eigenvalue weighted by Crippen LogP contribution is -2.29. The molecule has 0 radical (unpaired) electrons. The Morgan fingerprint density at radius 2 is 1.25 bits per heavy atom. The molecule has 0 aliphatic carbocycles. The van der Waals surface area contributed by atoms with E-state index in [4.69, 9.17) is 4.42 Å². The van der Waals surface area contributed by atoms with E-state index in [2.05, 4.69) is 189 Å². The van der Waals surface area contributed by atoms with Gasteiger partial charge in [-0.15, -0.1) is 0 Å². The predicted molar refractivity (Wildman–Crippen MR) is 225 cm³/mol. The molecule has 7 aromatic carbocycles. The van der Waals surface area contributed by atoms with Crippen molar-refractivity contribution in [3.63, 3.8) is 0 Å². The summed E-state index contributed by atoms with van der Waals surface area (Å²) in [6.07, 6.45) is 10.8. The van der Waals surface area contributed by atoms with Gasteiger partial charge < -0.3 is 4.42 Å². The third-order valence-corrected chi connectivity index (χ3v) is 9.97. The third-order valence-electron chi connectivity index (χ3n) is 9.97. The number of para-hydroxylation sites is 1. The molecule has 0 fully saturated rings. The van der Waals surface area contributed by atoms with E-state index in [1.165, 1.54) is 49.7 Å². The monoisotopic (exact) mass is 680 g/mol. The number of benzene rings is 7. The number of hydrogen-bond acceptors (Lipinski definition) is 1. The highest BCUT2D eigenvalue weighted by atomic mass is 16.3. The van der Waals surface area contributed by atoms with Crippen LogP contribution in [0.15, 0.2) is 211 Å². The third kappa shape index (κ3) is 6.86. The van der Waals surface area contributed by atoms with Crippen molar-refractivity contribution in [1.82, 2.24) is 0 Å². The Labute approximate surface area is 311 Å². The lowest BCUT2D eigenvalue weighted by atomic mass is 9.86. The van der Waals surface area contributed by atoms with Crippen LogP contribution in [-0.4, -0.2) is 0 Å². The minimum atomic E-state index is 0.744. The van der Waals surface area contributed by atoms with E-state index in [9.17, 15) is 0 Å². The Bertz CT molecular complexity index is 2760. The van der Waals surface area contributed by atoms with Crippen LogP contribution >= 0.6 is 0 Å². The molecular formula is C52H40O. The van der Waals surface area contributed by atoms with Crippen LogP contribution in [-0.2, 0) is 6.42 Å². The van der Waals surface area contributed by atoms with Gasteiger partial charge in [0.1, 0.15) is 11.3 Å². The fourth-order valence-electron chi connectivity index (χ4n) is 7.39. The minimum absolute atomic E-state index is 0.744. The summed E-state index contributed by atoms with van der Waals surface area (Å²) in [5.41, 5.74) is 11.4. The highest BCUT2D eigenvalue weighted by molar-refractivity contribution is 5.95. The van der Waals surface area contributed by atoms with Crippen molar-refractivity contribution >= 4 is 32.9 Å². The van der Waals surface area contributed by atoms with Crippen LogP contribution in [0.5, 0.6) is 0 Å². The molecule has 1 nitrogen and oxygen atoms in total. The van der Waals surface area contributed by atoms with Crippen LogP contribution < -0.4 is 10.4 Å². The number of allylic oxidation sites excluding steroid dienone is 5. The molecule has 1 heterocycles. The molecule has 1 heteroatoms. The van der Waals surface area contributed by atoms with Gasteiger partial charge in [-0.2, -0.15) is 0 Å². The molecule has 0 atom stereocenters. The van der Waals surface area contributed by atoms with Crippen molar-refractivity contribution in [2.24, 2.45) is 0 Å². The molecule has 0 saturated carbocycles. The zero-order valence-electron chi connectivity index (χ0n) is 29.9. The first kappa shape index (κ1) is 33.4. The molecule has 0 saturated heterocycles. The predicted octanol–water partition coefficient (Wildman–Crippen LogP) is 12.2. The highest BCUT2D eigenvalue weighted by Gasteiger charge is 2.18. The summed E-state index contributed by atoms with van der Waals surface area (Å²) in [4.78, 5) is 0.